The van der Waals surface area contributed by atoms with Crippen LogP contribution in [0, 0.1) is 0 Å². The van der Waals surface area contributed by atoms with Crippen molar-refractivity contribution >= 4 is 45.0 Å². The second-order valence-electron chi connectivity index (χ2n) is 4.89. The Labute approximate surface area is 143 Å². The molecule has 0 fully saturated rings. The second kappa shape index (κ2) is 6.88. The molecule has 10 heteroatoms. The quantitative estimate of drug-likeness (QED) is 0.835. The van der Waals surface area contributed by atoms with E-state index in [9.17, 15) is 13.2 Å². The average Bonchev–Trinajstić information content (AvgIpc) is 2.84. The monoisotopic (exact) mass is 376 g/mol. The Bertz CT molecular complexity index is 815. The number of carbonyl (C=O) groups is 1. The molecule has 7 nitrogen and oxygen atoms in total. The van der Waals surface area contributed by atoms with Crippen molar-refractivity contribution in [2.24, 2.45) is 0 Å². The molecule has 0 unspecified atom stereocenters. The summed E-state index contributed by atoms with van der Waals surface area (Å²) >= 11 is 11.9. The van der Waals surface area contributed by atoms with Crippen LogP contribution >= 0.6 is 23.2 Å². The van der Waals surface area contributed by atoms with Crippen LogP contribution in [0.15, 0.2) is 24.3 Å². The van der Waals surface area contributed by atoms with E-state index in [4.69, 9.17) is 23.2 Å². The predicted octanol–water partition coefficient (Wildman–Crippen LogP) is 2.21. The van der Waals surface area contributed by atoms with Gasteiger partial charge in [0, 0.05) is 28.7 Å². The van der Waals surface area contributed by atoms with Gasteiger partial charge in [0.05, 0.1) is 18.5 Å². The number of carbonyl (C=O) groups excluding carboxylic acids is 1. The third kappa shape index (κ3) is 4.93. The number of hydrogen-bond donors (Lipinski definition) is 2. The molecule has 0 saturated carbocycles. The number of nitrogens with zero attached hydrogens (tertiary/aromatic N) is 2. The largest absolute Gasteiger partial charge is 0.308 e. The van der Waals surface area contributed by atoms with Gasteiger partial charge >= 0.3 is 0 Å². The molecule has 23 heavy (non-hydrogen) atoms. The van der Waals surface area contributed by atoms with E-state index in [1.165, 1.54) is 7.05 Å². The zero-order chi connectivity index (χ0) is 17.2. The van der Waals surface area contributed by atoms with E-state index in [1.807, 2.05) is 0 Å². The maximum absolute atomic E-state index is 11.8. The number of H-pyrrole nitrogens is 1. The fourth-order valence-corrected chi connectivity index (χ4v) is 2.62. The van der Waals surface area contributed by atoms with Crippen LogP contribution in [0.2, 0.25) is 10.0 Å². The summed E-state index contributed by atoms with van der Waals surface area (Å²) < 4.78 is 23.5. The molecule has 0 saturated heterocycles. The van der Waals surface area contributed by atoms with E-state index in [-0.39, 0.29) is 12.4 Å². The molecule has 1 aromatic carbocycles. The molecule has 124 valence electrons. The Morgan fingerprint density at radius 1 is 1.26 bits per heavy atom. The van der Waals surface area contributed by atoms with Crippen molar-refractivity contribution in [1.82, 2.24) is 14.5 Å². The number of benzene rings is 1. The normalized spacial score (nSPS) is 11.7. The summed E-state index contributed by atoms with van der Waals surface area (Å²) in [5.41, 5.74) is 1.32. The van der Waals surface area contributed by atoms with E-state index in [1.54, 1.807) is 24.3 Å². The lowest BCUT2D eigenvalue weighted by atomic mass is 10.1. The summed E-state index contributed by atoms with van der Waals surface area (Å²) in [7, 11) is -2.10. The first kappa shape index (κ1) is 17.7. The van der Waals surface area contributed by atoms with Crippen molar-refractivity contribution in [2.75, 3.05) is 25.2 Å². The number of nitrogens with one attached hydrogen (secondary N) is 2. The summed E-state index contributed by atoms with van der Waals surface area (Å²) in [5.74, 6) is -0.233. The number of aromatic amines is 1. The number of halogens is 2. The molecule has 2 N–H and O–H groups in total. The summed E-state index contributed by atoms with van der Waals surface area (Å²) in [5, 5.41) is 10.2. The van der Waals surface area contributed by atoms with Crippen LogP contribution in [-0.4, -0.2) is 48.7 Å². The number of amides is 1. The molecule has 2 rings (SSSR count). The standard InChI is InChI=1S/C13H14Cl2N4O3S/c1-19(23(2,21)22)7-13(20)16-12-6-11(17-18-12)8-3-9(14)5-10(15)4-8/h3-6H,7H2,1-2H3,(H2,16,17,18,20). The highest BCUT2D eigenvalue weighted by Crippen LogP contribution is 2.27. The van der Waals surface area contributed by atoms with Crippen molar-refractivity contribution in [3.63, 3.8) is 0 Å². The van der Waals surface area contributed by atoms with Gasteiger partial charge in [0.15, 0.2) is 5.82 Å². The first-order valence-corrected chi connectivity index (χ1v) is 8.98. The van der Waals surface area contributed by atoms with Crippen molar-refractivity contribution in [2.45, 2.75) is 0 Å². The number of anilines is 1. The minimum atomic E-state index is -3.42. The van der Waals surface area contributed by atoms with E-state index in [2.05, 4.69) is 15.5 Å². The van der Waals surface area contributed by atoms with Crippen molar-refractivity contribution in [3.8, 4) is 11.3 Å². The lowest BCUT2D eigenvalue weighted by Gasteiger charge is -2.12. The molecule has 1 aromatic heterocycles. The maximum Gasteiger partial charge on any atom is 0.240 e. The Kier molecular flexibility index (Phi) is 5.30. The van der Waals surface area contributed by atoms with Gasteiger partial charge < -0.3 is 5.32 Å². The molecule has 0 aliphatic carbocycles. The molecule has 2 aromatic rings. The molecule has 0 aliphatic heterocycles. The Balaban J connectivity index is 2.09. The van der Waals surface area contributed by atoms with Crippen molar-refractivity contribution in [3.05, 3.63) is 34.3 Å². The second-order valence-corrected chi connectivity index (χ2v) is 7.85. The lowest BCUT2D eigenvalue weighted by Crippen LogP contribution is -2.34. The lowest BCUT2D eigenvalue weighted by molar-refractivity contribution is -0.116. The zero-order valence-corrected chi connectivity index (χ0v) is 14.6. The topological polar surface area (TPSA) is 95.2 Å². The Morgan fingerprint density at radius 2 is 1.87 bits per heavy atom. The first-order valence-electron chi connectivity index (χ1n) is 6.38. The molecule has 0 radical (unpaired) electrons. The smallest absolute Gasteiger partial charge is 0.240 e. The van der Waals surface area contributed by atoms with Gasteiger partial charge in [0.1, 0.15) is 0 Å². The number of sulfonamides is 1. The minimum Gasteiger partial charge on any atom is -0.308 e. The van der Waals surface area contributed by atoms with E-state index >= 15 is 0 Å². The van der Waals surface area contributed by atoms with Crippen molar-refractivity contribution < 1.29 is 13.2 Å². The van der Waals surface area contributed by atoms with Crippen LogP contribution in [0.1, 0.15) is 0 Å². The molecule has 0 spiro atoms. The predicted molar refractivity (Wildman–Crippen MR) is 90.1 cm³/mol. The SMILES string of the molecule is CN(CC(=O)Nc1cc(-c2cc(Cl)cc(Cl)c2)[nH]n1)S(C)(=O)=O. The fourth-order valence-electron chi connectivity index (χ4n) is 1.74. The van der Waals surface area contributed by atoms with Gasteiger partial charge in [-0.05, 0) is 18.2 Å². The fraction of sp³-hybridized carbons (Fsp3) is 0.231. The highest BCUT2D eigenvalue weighted by atomic mass is 35.5. The van der Waals surface area contributed by atoms with Gasteiger partial charge in [-0.2, -0.15) is 9.40 Å². The van der Waals surface area contributed by atoms with Crippen LogP contribution in [-0.2, 0) is 14.8 Å². The summed E-state index contributed by atoms with van der Waals surface area (Å²) in [6.07, 6.45) is 1.02. The van der Waals surface area contributed by atoms with Gasteiger partial charge in [-0.1, -0.05) is 23.2 Å². The highest BCUT2D eigenvalue weighted by molar-refractivity contribution is 7.88. The van der Waals surface area contributed by atoms with E-state index in [0.717, 1.165) is 10.6 Å². The molecule has 0 bridgehead atoms. The molecular weight excluding hydrogens is 363 g/mol. The van der Waals surface area contributed by atoms with Gasteiger partial charge in [-0.3, -0.25) is 9.89 Å². The van der Waals surface area contributed by atoms with Crippen molar-refractivity contribution in [1.29, 1.82) is 0 Å². The van der Waals surface area contributed by atoms with E-state index < -0.39 is 15.9 Å². The molecule has 1 heterocycles. The van der Waals surface area contributed by atoms with Gasteiger partial charge in [-0.15, -0.1) is 0 Å². The van der Waals surface area contributed by atoms with Crippen LogP contribution in [0.25, 0.3) is 11.3 Å². The Hall–Kier alpha value is -1.61. The van der Waals surface area contributed by atoms with Gasteiger partial charge in [0.25, 0.3) is 0 Å². The van der Waals surface area contributed by atoms with Crippen LogP contribution in [0.3, 0.4) is 0 Å². The first-order chi connectivity index (χ1) is 10.6. The summed E-state index contributed by atoms with van der Waals surface area (Å²) in [6, 6.07) is 6.60. The number of hydrogen-bond acceptors (Lipinski definition) is 4. The van der Waals surface area contributed by atoms with Gasteiger partial charge in [-0.25, -0.2) is 8.42 Å². The summed E-state index contributed by atoms with van der Waals surface area (Å²) in [6.45, 7) is -0.302. The Morgan fingerprint density at radius 3 is 2.43 bits per heavy atom. The zero-order valence-electron chi connectivity index (χ0n) is 12.3. The third-order valence-corrected chi connectivity index (χ3v) is 4.65. The average molecular weight is 377 g/mol. The molecular formula is C13H14Cl2N4O3S. The molecule has 1 amide bonds. The number of likely N-dealkylation sites (N-methyl/N-ethyl adjacent to an activating group) is 1. The highest BCUT2D eigenvalue weighted by Gasteiger charge is 2.16. The number of rotatable bonds is 5. The van der Waals surface area contributed by atoms with Crippen LogP contribution in [0.5, 0.6) is 0 Å². The van der Waals surface area contributed by atoms with Gasteiger partial charge in [0.2, 0.25) is 15.9 Å². The molecule has 0 aliphatic rings. The van der Waals surface area contributed by atoms with E-state index in [0.29, 0.717) is 21.3 Å². The molecule has 0 atom stereocenters. The van der Waals surface area contributed by atoms with Crippen LogP contribution in [0.4, 0.5) is 5.82 Å². The maximum atomic E-state index is 11.8. The summed E-state index contributed by atoms with van der Waals surface area (Å²) in [4.78, 5) is 11.8. The van der Waals surface area contributed by atoms with Crippen LogP contribution < -0.4 is 5.32 Å². The third-order valence-electron chi connectivity index (χ3n) is 2.95. The minimum absolute atomic E-state index is 0.267. The number of aromatic nitrogens is 2.